The van der Waals surface area contributed by atoms with Crippen LogP contribution in [0, 0.1) is 18.6 Å². The van der Waals surface area contributed by atoms with Crippen LogP contribution < -0.4 is 10.5 Å². The third-order valence-electron chi connectivity index (χ3n) is 2.58. The number of anilines is 2. The molecule has 20 heavy (non-hydrogen) atoms. The molecule has 3 N–H and O–H groups in total. The smallest absolute Gasteiger partial charge is 0.266 e. The quantitative estimate of drug-likeness (QED) is 0.838. The molecule has 0 atom stereocenters. The van der Waals surface area contributed by atoms with E-state index >= 15 is 0 Å². The summed E-state index contributed by atoms with van der Waals surface area (Å²) in [6.45, 7) is 1.67. The molecule has 2 rings (SSSR count). The lowest BCUT2D eigenvalue weighted by molar-refractivity contribution is 0.552. The van der Waals surface area contributed by atoms with Crippen LogP contribution in [0.4, 0.5) is 20.3 Å². The maximum atomic E-state index is 13.6. The highest BCUT2D eigenvalue weighted by Gasteiger charge is 2.22. The minimum Gasteiger partial charge on any atom is -0.396 e. The molecule has 2 aromatic rings. The highest BCUT2D eigenvalue weighted by molar-refractivity contribution is 7.92. The maximum Gasteiger partial charge on any atom is 0.266 e. The lowest BCUT2D eigenvalue weighted by Gasteiger charge is -2.09. The molecule has 0 saturated heterocycles. The number of hydrogen-bond acceptors (Lipinski definition) is 4. The van der Waals surface area contributed by atoms with Gasteiger partial charge >= 0.3 is 0 Å². The summed E-state index contributed by atoms with van der Waals surface area (Å²) in [5, 5.41) is 3.95. The van der Waals surface area contributed by atoms with E-state index in [2.05, 4.69) is 9.82 Å². The van der Waals surface area contributed by atoms with Crippen molar-refractivity contribution in [3.8, 4) is 0 Å². The van der Waals surface area contributed by atoms with Crippen molar-refractivity contribution in [1.29, 1.82) is 0 Å². The Morgan fingerprint density at radius 3 is 2.45 bits per heavy atom. The number of sulfonamides is 1. The van der Waals surface area contributed by atoms with Crippen molar-refractivity contribution >= 4 is 21.5 Å². The molecule has 0 unspecified atom stereocenters. The molecular weight excluding hydrogens is 290 g/mol. The Bertz CT molecular complexity index is 771. The van der Waals surface area contributed by atoms with Crippen molar-refractivity contribution in [3.05, 3.63) is 35.5 Å². The van der Waals surface area contributed by atoms with E-state index in [9.17, 15) is 17.2 Å². The van der Waals surface area contributed by atoms with E-state index in [4.69, 9.17) is 5.73 Å². The van der Waals surface area contributed by atoms with Gasteiger partial charge in [-0.2, -0.15) is 5.10 Å². The van der Waals surface area contributed by atoms with E-state index in [1.165, 1.54) is 17.8 Å². The first kappa shape index (κ1) is 14.3. The Balaban J connectivity index is 2.46. The standard InChI is InChI=1S/C11H12F2N4O2S/c1-6-3-11(17(2)15-6)16-20(18,19)10-5-9(14)7(12)4-8(10)13/h3-5,16H,14H2,1-2H3. The zero-order valence-electron chi connectivity index (χ0n) is 10.7. The van der Waals surface area contributed by atoms with Gasteiger partial charge in [0.25, 0.3) is 10.0 Å². The van der Waals surface area contributed by atoms with Crippen LogP contribution in [0.1, 0.15) is 5.69 Å². The molecule has 0 spiro atoms. The zero-order chi connectivity index (χ0) is 15.1. The van der Waals surface area contributed by atoms with Gasteiger partial charge in [-0.25, -0.2) is 17.2 Å². The molecular formula is C11H12F2N4O2S. The van der Waals surface area contributed by atoms with Gasteiger partial charge in [0.2, 0.25) is 0 Å². The summed E-state index contributed by atoms with van der Waals surface area (Å²) in [4.78, 5) is -0.727. The molecule has 1 aromatic carbocycles. The fourth-order valence-electron chi connectivity index (χ4n) is 1.65. The zero-order valence-corrected chi connectivity index (χ0v) is 11.5. The molecule has 0 amide bonds. The lowest BCUT2D eigenvalue weighted by Crippen LogP contribution is -2.17. The number of aryl methyl sites for hydroxylation is 2. The number of nitrogens with zero attached hydrogens (tertiary/aromatic N) is 2. The summed E-state index contributed by atoms with van der Waals surface area (Å²) in [5.74, 6) is -2.08. The largest absolute Gasteiger partial charge is 0.396 e. The van der Waals surface area contributed by atoms with Gasteiger partial charge in [0.05, 0.1) is 11.4 Å². The SMILES string of the molecule is Cc1cc(NS(=O)(=O)c2cc(N)c(F)cc2F)n(C)n1. The second-order valence-electron chi connectivity index (χ2n) is 4.20. The molecule has 0 saturated carbocycles. The summed E-state index contributed by atoms with van der Waals surface area (Å²) in [5.41, 5.74) is 5.40. The molecule has 0 bridgehead atoms. The summed E-state index contributed by atoms with van der Waals surface area (Å²) < 4.78 is 54.3. The van der Waals surface area contributed by atoms with E-state index in [0.717, 1.165) is 6.07 Å². The van der Waals surface area contributed by atoms with Gasteiger partial charge in [0, 0.05) is 19.2 Å². The van der Waals surface area contributed by atoms with Gasteiger partial charge in [0.1, 0.15) is 22.3 Å². The summed E-state index contributed by atoms with van der Waals surface area (Å²) in [7, 11) is -2.70. The van der Waals surface area contributed by atoms with E-state index in [0.29, 0.717) is 11.8 Å². The molecule has 0 fully saturated rings. The Morgan fingerprint density at radius 2 is 1.90 bits per heavy atom. The number of nitrogen functional groups attached to an aromatic ring is 1. The summed E-state index contributed by atoms with van der Waals surface area (Å²) >= 11 is 0. The summed E-state index contributed by atoms with van der Waals surface area (Å²) in [6.07, 6.45) is 0. The first-order valence-electron chi connectivity index (χ1n) is 5.48. The molecule has 0 aliphatic rings. The number of nitrogens with one attached hydrogen (secondary N) is 1. The molecule has 6 nitrogen and oxygen atoms in total. The van der Waals surface area contributed by atoms with Crippen molar-refractivity contribution in [2.45, 2.75) is 11.8 Å². The average Bonchev–Trinajstić information content (AvgIpc) is 2.61. The average molecular weight is 302 g/mol. The summed E-state index contributed by atoms with van der Waals surface area (Å²) in [6, 6.07) is 2.64. The lowest BCUT2D eigenvalue weighted by atomic mass is 10.3. The molecule has 1 aromatic heterocycles. The van der Waals surface area contributed by atoms with E-state index in [1.54, 1.807) is 6.92 Å². The van der Waals surface area contributed by atoms with Crippen LogP contribution in [0.15, 0.2) is 23.1 Å². The highest BCUT2D eigenvalue weighted by Crippen LogP contribution is 2.23. The van der Waals surface area contributed by atoms with Crippen LogP contribution in [-0.4, -0.2) is 18.2 Å². The third kappa shape index (κ3) is 2.57. The second-order valence-corrected chi connectivity index (χ2v) is 5.86. The number of halogens is 2. The van der Waals surface area contributed by atoms with Crippen LogP contribution in [-0.2, 0) is 17.1 Å². The van der Waals surface area contributed by atoms with Crippen molar-refractivity contribution in [3.63, 3.8) is 0 Å². The Morgan fingerprint density at radius 1 is 1.25 bits per heavy atom. The molecule has 9 heteroatoms. The number of benzene rings is 1. The van der Waals surface area contributed by atoms with Crippen molar-refractivity contribution in [2.75, 3.05) is 10.5 Å². The van der Waals surface area contributed by atoms with E-state index in [-0.39, 0.29) is 5.82 Å². The normalized spacial score (nSPS) is 11.6. The minimum absolute atomic E-state index is 0.157. The van der Waals surface area contributed by atoms with E-state index < -0.39 is 32.2 Å². The molecule has 0 radical (unpaired) electrons. The van der Waals surface area contributed by atoms with Crippen LogP contribution >= 0.6 is 0 Å². The van der Waals surface area contributed by atoms with Crippen LogP contribution in [0.25, 0.3) is 0 Å². The molecule has 0 aliphatic heterocycles. The van der Waals surface area contributed by atoms with Crippen molar-refractivity contribution < 1.29 is 17.2 Å². The van der Waals surface area contributed by atoms with Crippen LogP contribution in [0.2, 0.25) is 0 Å². The number of aromatic nitrogens is 2. The number of hydrogen-bond donors (Lipinski definition) is 2. The van der Waals surface area contributed by atoms with Gasteiger partial charge < -0.3 is 5.73 Å². The third-order valence-corrected chi connectivity index (χ3v) is 3.95. The number of rotatable bonds is 3. The van der Waals surface area contributed by atoms with Gasteiger partial charge in [-0.1, -0.05) is 0 Å². The fourth-order valence-corrected chi connectivity index (χ4v) is 2.82. The first-order chi connectivity index (χ1) is 9.20. The Labute approximate surface area is 114 Å². The van der Waals surface area contributed by atoms with Crippen molar-refractivity contribution in [1.82, 2.24) is 9.78 Å². The van der Waals surface area contributed by atoms with E-state index in [1.807, 2.05) is 0 Å². The molecule has 1 heterocycles. The fraction of sp³-hybridized carbons (Fsp3) is 0.182. The minimum atomic E-state index is -4.22. The van der Waals surface area contributed by atoms with Gasteiger partial charge in [-0.15, -0.1) is 0 Å². The van der Waals surface area contributed by atoms with Crippen LogP contribution in [0.3, 0.4) is 0 Å². The monoisotopic (exact) mass is 302 g/mol. The van der Waals surface area contributed by atoms with Gasteiger partial charge in [0.15, 0.2) is 0 Å². The van der Waals surface area contributed by atoms with Gasteiger partial charge in [-0.05, 0) is 13.0 Å². The topological polar surface area (TPSA) is 90.0 Å². The second kappa shape index (κ2) is 4.75. The maximum absolute atomic E-state index is 13.6. The highest BCUT2D eigenvalue weighted by atomic mass is 32.2. The molecule has 108 valence electrons. The predicted octanol–water partition coefficient (Wildman–Crippen LogP) is 1.39. The van der Waals surface area contributed by atoms with Crippen molar-refractivity contribution in [2.24, 2.45) is 7.05 Å². The Hall–Kier alpha value is -2.16. The number of nitrogens with two attached hydrogens (primary N) is 1. The first-order valence-corrected chi connectivity index (χ1v) is 6.97. The molecule has 0 aliphatic carbocycles. The van der Waals surface area contributed by atoms with Gasteiger partial charge in [-0.3, -0.25) is 9.40 Å². The predicted molar refractivity (Wildman–Crippen MR) is 69.5 cm³/mol. The van der Waals surface area contributed by atoms with Crippen LogP contribution in [0.5, 0.6) is 0 Å². The Kier molecular flexibility index (Phi) is 3.38.